The van der Waals surface area contributed by atoms with Crippen LogP contribution < -0.4 is 4.74 Å². The third-order valence-electron chi connectivity index (χ3n) is 4.60. The maximum atomic E-state index is 12.6. The fraction of sp³-hybridized carbons (Fsp3) is 0.368. The first-order chi connectivity index (χ1) is 11.9. The maximum absolute atomic E-state index is 12.6. The van der Waals surface area contributed by atoms with Crippen LogP contribution in [-0.2, 0) is 11.3 Å². The Morgan fingerprint density at radius 2 is 2.12 bits per heavy atom. The Morgan fingerprint density at radius 1 is 1.36 bits per heavy atom. The number of aryl methyl sites for hydroxylation is 1. The standard InChI is InChI=1S/C19H21NO5/c1-11-15(19(22)23)8-14(25-11)10-20(2)18(21)17-9-16(17)12-5-4-6-13(7-12)24-3/h4-8,16-17H,9-10H2,1-3H3,(H,22,23)/t16-,17-/m1/s1. The normalized spacial score (nSPS) is 18.7. The second kappa shape index (κ2) is 6.63. The molecule has 25 heavy (non-hydrogen) atoms. The predicted octanol–water partition coefficient (Wildman–Crippen LogP) is 3.06. The van der Waals surface area contributed by atoms with Gasteiger partial charge in [-0.25, -0.2) is 4.79 Å². The number of aromatic carboxylic acids is 1. The van der Waals surface area contributed by atoms with Crippen LogP contribution in [0.2, 0.25) is 0 Å². The van der Waals surface area contributed by atoms with E-state index in [-0.39, 0.29) is 29.9 Å². The minimum Gasteiger partial charge on any atom is -0.497 e. The van der Waals surface area contributed by atoms with Gasteiger partial charge in [-0.1, -0.05) is 12.1 Å². The number of rotatable bonds is 6. The number of carbonyl (C=O) groups is 2. The van der Waals surface area contributed by atoms with Crippen molar-refractivity contribution in [2.45, 2.75) is 25.8 Å². The SMILES string of the molecule is COc1cccc([C@H]2C[C@H]2C(=O)N(C)Cc2cc(C(=O)O)c(C)o2)c1. The van der Waals surface area contributed by atoms with Gasteiger partial charge in [0.25, 0.3) is 0 Å². The summed E-state index contributed by atoms with van der Waals surface area (Å²) in [6.07, 6.45) is 0.813. The first-order valence-electron chi connectivity index (χ1n) is 8.12. The van der Waals surface area contributed by atoms with E-state index in [4.69, 9.17) is 14.3 Å². The highest BCUT2D eigenvalue weighted by Gasteiger charge is 2.45. The Bertz CT molecular complexity index is 810. The fourth-order valence-corrected chi connectivity index (χ4v) is 3.14. The lowest BCUT2D eigenvalue weighted by Crippen LogP contribution is -2.27. The van der Waals surface area contributed by atoms with Crippen LogP contribution in [0.25, 0.3) is 0 Å². The second-order valence-electron chi connectivity index (χ2n) is 6.41. The van der Waals surface area contributed by atoms with Crippen molar-refractivity contribution in [3.05, 3.63) is 53.0 Å². The van der Waals surface area contributed by atoms with E-state index in [9.17, 15) is 9.59 Å². The van der Waals surface area contributed by atoms with Gasteiger partial charge in [0.05, 0.1) is 13.7 Å². The molecule has 0 spiro atoms. The molecule has 6 nitrogen and oxygen atoms in total. The lowest BCUT2D eigenvalue weighted by Gasteiger charge is -2.16. The van der Waals surface area contributed by atoms with Crippen LogP contribution in [0.4, 0.5) is 0 Å². The zero-order valence-electron chi connectivity index (χ0n) is 14.5. The molecule has 1 amide bonds. The lowest BCUT2D eigenvalue weighted by atomic mass is 10.1. The first-order valence-corrected chi connectivity index (χ1v) is 8.12. The van der Waals surface area contributed by atoms with E-state index in [1.54, 1.807) is 26.0 Å². The van der Waals surface area contributed by atoms with E-state index in [1.165, 1.54) is 6.07 Å². The Hall–Kier alpha value is -2.76. The van der Waals surface area contributed by atoms with Crippen molar-refractivity contribution in [2.75, 3.05) is 14.2 Å². The molecule has 1 aromatic heterocycles. The van der Waals surface area contributed by atoms with Gasteiger partial charge in [0, 0.05) is 13.0 Å². The highest BCUT2D eigenvalue weighted by molar-refractivity contribution is 5.89. The zero-order valence-corrected chi connectivity index (χ0v) is 14.5. The van der Waals surface area contributed by atoms with Gasteiger partial charge in [-0.2, -0.15) is 0 Å². The van der Waals surface area contributed by atoms with Gasteiger partial charge in [-0.15, -0.1) is 0 Å². The van der Waals surface area contributed by atoms with Crippen LogP contribution in [0, 0.1) is 12.8 Å². The smallest absolute Gasteiger partial charge is 0.339 e. The quantitative estimate of drug-likeness (QED) is 0.872. The van der Waals surface area contributed by atoms with Crippen molar-refractivity contribution in [3.8, 4) is 5.75 Å². The van der Waals surface area contributed by atoms with Crippen LogP contribution in [-0.4, -0.2) is 36.0 Å². The summed E-state index contributed by atoms with van der Waals surface area (Å²) in [4.78, 5) is 25.3. The van der Waals surface area contributed by atoms with Crippen LogP contribution in [0.5, 0.6) is 5.75 Å². The molecule has 1 N–H and O–H groups in total. The highest BCUT2D eigenvalue weighted by Crippen LogP contribution is 2.49. The van der Waals surface area contributed by atoms with Crippen molar-refractivity contribution in [1.29, 1.82) is 0 Å². The summed E-state index contributed by atoms with van der Waals surface area (Å²) >= 11 is 0. The minimum atomic E-state index is -1.03. The maximum Gasteiger partial charge on any atom is 0.339 e. The number of carboxylic acids is 1. The topological polar surface area (TPSA) is 80.0 Å². The molecule has 0 unspecified atom stereocenters. The number of benzene rings is 1. The van der Waals surface area contributed by atoms with Gasteiger partial charge in [-0.05, 0) is 43.0 Å². The first kappa shape index (κ1) is 17.1. The highest BCUT2D eigenvalue weighted by atomic mass is 16.5. The molecule has 0 aliphatic heterocycles. The molecule has 3 rings (SSSR count). The molecule has 1 fully saturated rings. The summed E-state index contributed by atoms with van der Waals surface area (Å²) in [7, 11) is 3.33. The third kappa shape index (κ3) is 3.52. The molecular weight excluding hydrogens is 322 g/mol. The van der Waals surface area contributed by atoms with E-state index >= 15 is 0 Å². The molecule has 132 valence electrons. The number of hydrogen-bond acceptors (Lipinski definition) is 4. The average Bonchev–Trinajstić information content (AvgIpc) is 3.31. The van der Waals surface area contributed by atoms with Gasteiger partial charge in [-0.3, -0.25) is 4.79 Å². The molecule has 0 bridgehead atoms. The molecule has 1 aliphatic carbocycles. The number of carboxylic acid groups (broad SMARTS) is 1. The monoisotopic (exact) mass is 343 g/mol. The van der Waals surface area contributed by atoms with Crippen LogP contribution in [0.15, 0.2) is 34.7 Å². The molecule has 0 radical (unpaired) electrons. The lowest BCUT2D eigenvalue weighted by molar-refractivity contribution is -0.132. The number of carbonyl (C=O) groups excluding carboxylic acids is 1. The van der Waals surface area contributed by atoms with E-state index in [0.717, 1.165) is 17.7 Å². The number of amides is 1. The van der Waals surface area contributed by atoms with Gasteiger partial charge in [0.2, 0.25) is 5.91 Å². The predicted molar refractivity (Wildman–Crippen MR) is 90.7 cm³/mol. The Kier molecular flexibility index (Phi) is 4.53. The van der Waals surface area contributed by atoms with Crippen molar-refractivity contribution in [3.63, 3.8) is 0 Å². The third-order valence-corrected chi connectivity index (χ3v) is 4.60. The van der Waals surface area contributed by atoms with E-state index < -0.39 is 5.97 Å². The van der Waals surface area contributed by atoms with Gasteiger partial charge >= 0.3 is 5.97 Å². The van der Waals surface area contributed by atoms with Crippen LogP contribution in [0.1, 0.15) is 39.8 Å². The average molecular weight is 343 g/mol. The van der Waals surface area contributed by atoms with E-state index in [2.05, 4.69) is 0 Å². The molecule has 1 saturated carbocycles. The van der Waals surface area contributed by atoms with Gasteiger partial charge < -0.3 is 19.2 Å². The van der Waals surface area contributed by atoms with Gasteiger partial charge in [0.15, 0.2) is 0 Å². The van der Waals surface area contributed by atoms with E-state index in [0.29, 0.717) is 11.5 Å². The Labute approximate surface area is 146 Å². The molecule has 1 aromatic carbocycles. The zero-order chi connectivity index (χ0) is 18.1. The van der Waals surface area contributed by atoms with Crippen molar-refractivity contribution in [2.24, 2.45) is 5.92 Å². The largest absolute Gasteiger partial charge is 0.497 e. The number of nitrogens with zero attached hydrogens (tertiary/aromatic N) is 1. The van der Waals surface area contributed by atoms with Crippen molar-refractivity contribution in [1.82, 2.24) is 4.90 Å². The number of furan rings is 1. The minimum absolute atomic E-state index is 0.0405. The second-order valence-corrected chi connectivity index (χ2v) is 6.41. The van der Waals surface area contributed by atoms with Gasteiger partial charge in [0.1, 0.15) is 22.8 Å². The van der Waals surface area contributed by atoms with Crippen molar-refractivity contribution >= 4 is 11.9 Å². The Morgan fingerprint density at radius 3 is 2.76 bits per heavy atom. The Balaban J connectivity index is 1.64. The summed E-state index contributed by atoms with van der Waals surface area (Å²) in [5, 5.41) is 9.07. The summed E-state index contributed by atoms with van der Waals surface area (Å²) in [6.45, 7) is 1.86. The number of methoxy groups -OCH3 is 1. The molecule has 2 atom stereocenters. The van der Waals surface area contributed by atoms with E-state index in [1.807, 2.05) is 24.3 Å². The number of ether oxygens (including phenoxy) is 1. The summed E-state index contributed by atoms with van der Waals surface area (Å²) in [5.41, 5.74) is 1.24. The molecule has 1 aliphatic rings. The van der Waals surface area contributed by atoms with Crippen molar-refractivity contribution < 1.29 is 23.8 Å². The molecule has 6 heteroatoms. The number of hydrogen-bond donors (Lipinski definition) is 1. The molecule has 1 heterocycles. The van der Waals surface area contributed by atoms with Crippen LogP contribution >= 0.6 is 0 Å². The molecule has 2 aromatic rings. The summed E-state index contributed by atoms with van der Waals surface area (Å²) < 4.78 is 10.7. The summed E-state index contributed by atoms with van der Waals surface area (Å²) in [5.74, 6) is 0.787. The fourth-order valence-electron chi connectivity index (χ4n) is 3.14. The summed E-state index contributed by atoms with van der Waals surface area (Å²) in [6, 6.07) is 9.27. The molecule has 0 saturated heterocycles. The van der Waals surface area contributed by atoms with Crippen LogP contribution in [0.3, 0.4) is 0 Å². The molecular formula is C19H21NO5.